The average molecular weight is 358 g/mol. The zero-order valence-corrected chi connectivity index (χ0v) is 11.5. The number of rotatable bonds is 4. The number of halogens is 1. The summed E-state index contributed by atoms with van der Waals surface area (Å²) in [6, 6.07) is 0. The van der Waals surface area contributed by atoms with Crippen LogP contribution in [0.5, 0.6) is 0 Å². The molecule has 3 nitrogen and oxygen atoms in total. The maximum absolute atomic E-state index is 8.67. The van der Waals surface area contributed by atoms with Gasteiger partial charge in [0, 0.05) is 0 Å². The van der Waals surface area contributed by atoms with E-state index in [1.54, 1.807) is 0 Å². The second-order valence-corrected chi connectivity index (χ2v) is 2.94. The molecule has 0 aliphatic heterocycles. The van der Waals surface area contributed by atoms with Gasteiger partial charge in [0.05, 0.1) is 13.2 Å². The van der Waals surface area contributed by atoms with Gasteiger partial charge in [-0.2, -0.15) is 0 Å². The van der Waals surface area contributed by atoms with Crippen LogP contribution < -0.4 is 24.0 Å². The maximum atomic E-state index is 8.67. The third-order valence-electron chi connectivity index (χ3n) is 0.479. The fraction of sp³-hybridized carbons (Fsp3) is 1.00. The fourth-order valence-corrected chi connectivity index (χ4v) is 0.774. The second kappa shape index (κ2) is 18.4. The van der Waals surface area contributed by atoms with E-state index in [9.17, 15) is 0 Å². The average Bonchev–Trinajstić information content (AvgIpc) is 1.90. The predicted molar refractivity (Wildman–Crippen MR) is 42.9 cm³/mol. The summed E-state index contributed by atoms with van der Waals surface area (Å²) in [6.45, 7) is 6.56. The molecule has 0 saturated carbocycles. The Bertz CT molecular complexity index is 64.8. The first-order valence-corrected chi connectivity index (χ1v) is 5.27. The number of hydrogen-bond acceptors (Lipinski definition) is 3. The van der Waals surface area contributed by atoms with Gasteiger partial charge in [0.15, 0.2) is 0 Å². The Morgan fingerprint density at radius 3 is 1.58 bits per heavy atom. The Labute approximate surface area is 101 Å². The first-order valence-electron chi connectivity index (χ1n) is 3.48. The van der Waals surface area contributed by atoms with Crippen LogP contribution >= 0.6 is 8.60 Å². The third kappa shape index (κ3) is 22.6. The summed E-state index contributed by atoms with van der Waals surface area (Å²) in [4.78, 5) is 8.67. The molecule has 12 heavy (non-hydrogen) atoms. The molecule has 0 aromatic carbocycles. The zero-order chi connectivity index (χ0) is 9.11. The standard InChI is InChI=1S/C4H11O3P.C2H5.Cu.HI/c1-3-6-8(5)7-4-2;1-2;;/h5H,3-4H2,1-2H3;1H2,2H3;;1H/q;;+1;/p-1. The van der Waals surface area contributed by atoms with Crippen molar-refractivity contribution >= 4 is 8.60 Å². The van der Waals surface area contributed by atoms with Crippen molar-refractivity contribution in [1.29, 1.82) is 0 Å². The fourth-order valence-electron chi connectivity index (χ4n) is 0.258. The van der Waals surface area contributed by atoms with E-state index in [1.807, 2.05) is 20.8 Å². The van der Waals surface area contributed by atoms with Crippen molar-refractivity contribution < 1.29 is 53.9 Å². The summed E-state index contributed by atoms with van der Waals surface area (Å²) in [5.41, 5.74) is 0. The summed E-state index contributed by atoms with van der Waals surface area (Å²) >= 11 is 4.51. The van der Waals surface area contributed by atoms with Crippen molar-refractivity contribution in [2.24, 2.45) is 0 Å². The monoisotopic (exact) mass is 357 g/mol. The van der Waals surface area contributed by atoms with Crippen LogP contribution in [0, 0.1) is 0 Å². The molecule has 0 amide bonds. The van der Waals surface area contributed by atoms with E-state index in [1.165, 1.54) is 0 Å². The number of hydrogen-bond donors (Lipinski definition) is 1. The molecule has 0 spiro atoms. The molecule has 0 saturated heterocycles. The molecular weight excluding hydrogens is 341 g/mol. The van der Waals surface area contributed by atoms with Gasteiger partial charge < -0.3 is 37.9 Å². The Balaban J connectivity index is -0.000000177. The smallest absolute Gasteiger partial charge is 1.00 e. The van der Waals surface area contributed by atoms with Crippen LogP contribution in [0.15, 0.2) is 0 Å². The molecular formula is C6H16CuIO3P. The van der Waals surface area contributed by atoms with Crippen molar-refractivity contribution in [3.8, 4) is 0 Å². The minimum absolute atomic E-state index is 0. The van der Waals surface area contributed by atoms with E-state index >= 15 is 0 Å². The molecule has 0 fully saturated rings. The van der Waals surface area contributed by atoms with E-state index < -0.39 is 8.60 Å². The van der Waals surface area contributed by atoms with Crippen LogP contribution in [0.3, 0.4) is 0 Å². The maximum Gasteiger partial charge on any atom is -1.00 e. The Morgan fingerprint density at radius 2 is 1.42 bits per heavy atom. The van der Waals surface area contributed by atoms with Crippen LogP contribution in [-0.2, 0) is 25.1 Å². The molecule has 6 heteroatoms. The van der Waals surface area contributed by atoms with E-state index in [0.717, 1.165) is 5.32 Å². The van der Waals surface area contributed by atoms with Gasteiger partial charge in [0.2, 0.25) is 0 Å². The molecule has 0 radical (unpaired) electrons. The van der Waals surface area contributed by atoms with Gasteiger partial charge in [0.1, 0.15) is 0 Å². The van der Waals surface area contributed by atoms with Crippen molar-refractivity contribution in [1.82, 2.24) is 0 Å². The Hall–Kier alpha value is 1.56. The van der Waals surface area contributed by atoms with Crippen LogP contribution in [0.25, 0.3) is 0 Å². The minimum atomic E-state index is -1.58. The molecule has 0 unspecified atom stereocenters. The van der Waals surface area contributed by atoms with Gasteiger partial charge in [-0.05, 0) is 13.8 Å². The topological polar surface area (TPSA) is 38.7 Å². The van der Waals surface area contributed by atoms with E-state index in [2.05, 4.69) is 25.1 Å². The van der Waals surface area contributed by atoms with Gasteiger partial charge >= 0.3 is 36.9 Å². The summed E-state index contributed by atoms with van der Waals surface area (Å²) in [7, 11) is -1.58. The molecule has 0 aromatic rings. The Kier molecular flexibility index (Phi) is 29.4. The third-order valence-corrected chi connectivity index (χ3v) is 1.44. The molecule has 1 N–H and O–H groups in total. The van der Waals surface area contributed by atoms with Gasteiger partial charge in [-0.15, -0.1) is 0 Å². The van der Waals surface area contributed by atoms with Crippen LogP contribution in [0.1, 0.15) is 20.8 Å². The first kappa shape index (κ1) is 19.2. The summed E-state index contributed by atoms with van der Waals surface area (Å²) in [6.07, 6.45) is 0. The van der Waals surface area contributed by atoms with Crippen molar-refractivity contribution in [3.63, 3.8) is 0 Å². The van der Waals surface area contributed by atoms with Gasteiger partial charge in [-0.25, -0.2) is 0 Å². The minimum Gasteiger partial charge on any atom is -1.00 e. The van der Waals surface area contributed by atoms with Gasteiger partial charge in [-0.3, -0.25) is 0 Å². The molecule has 0 heterocycles. The predicted octanol–water partition coefficient (Wildman–Crippen LogP) is -0.746. The molecule has 81 valence electrons. The second-order valence-electron chi connectivity index (χ2n) is 1.29. The Morgan fingerprint density at radius 1 is 1.17 bits per heavy atom. The first-order chi connectivity index (χ1) is 5.22. The van der Waals surface area contributed by atoms with Crippen molar-refractivity contribution in [3.05, 3.63) is 0 Å². The van der Waals surface area contributed by atoms with Crippen molar-refractivity contribution in [2.75, 3.05) is 13.2 Å². The van der Waals surface area contributed by atoms with E-state index in [-0.39, 0.29) is 24.0 Å². The molecule has 0 bridgehead atoms. The summed E-state index contributed by atoms with van der Waals surface area (Å²) in [5.74, 6) is 0. The summed E-state index contributed by atoms with van der Waals surface area (Å²) < 4.78 is 9.36. The van der Waals surface area contributed by atoms with Crippen molar-refractivity contribution in [2.45, 2.75) is 26.1 Å². The van der Waals surface area contributed by atoms with Crippen LogP contribution in [-0.4, -0.2) is 18.1 Å². The molecule has 0 aromatic heterocycles. The SMILES string of the molecule is CCOP(O)OCC.C[CH2][Cu+].[I-]. The van der Waals surface area contributed by atoms with Crippen LogP contribution in [0.2, 0.25) is 5.32 Å². The van der Waals surface area contributed by atoms with E-state index in [0.29, 0.717) is 13.2 Å². The zero-order valence-electron chi connectivity index (χ0n) is 7.51. The molecule has 0 aliphatic rings. The largest absolute Gasteiger partial charge is 1.00 e. The van der Waals surface area contributed by atoms with Crippen LogP contribution in [0.4, 0.5) is 0 Å². The molecule has 0 aliphatic carbocycles. The molecule has 0 rings (SSSR count). The normalized spacial score (nSPS) is 8.58. The van der Waals surface area contributed by atoms with Gasteiger partial charge in [-0.1, -0.05) is 0 Å². The van der Waals surface area contributed by atoms with Gasteiger partial charge in [0.25, 0.3) is 0 Å². The van der Waals surface area contributed by atoms with E-state index in [4.69, 9.17) is 4.89 Å². The molecule has 0 atom stereocenters. The quantitative estimate of drug-likeness (QED) is 0.409. The summed E-state index contributed by atoms with van der Waals surface area (Å²) in [5, 5.41) is 0.812.